The quantitative estimate of drug-likeness (QED) is 0.747. The summed E-state index contributed by atoms with van der Waals surface area (Å²) in [7, 11) is 0. The summed E-state index contributed by atoms with van der Waals surface area (Å²) in [5, 5.41) is 3.57. The molecule has 1 unspecified atom stereocenters. The first-order valence-corrected chi connectivity index (χ1v) is 8.88. The van der Waals surface area contributed by atoms with E-state index >= 15 is 0 Å². The van der Waals surface area contributed by atoms with Crippen LogP contribution in [0.1, 0.15) is 42.8 Å². The van der Waals surface area contributed by atoms with Crippen molar-refractivity contribution in [3.63, 3.8) is 0 Å². The second kappa shape index (κ2) is 7.43. The molecule has 0 aliphatic rings. The van der Waals surface area contributed by atoms with Crippen molar-refractivity contribution in [2.75, 3.05) is 6.54 Å². The number of nitrogens with one attached hydrogen (secondary N) is 1. The van der Waals surface area contributed by atoms with E-state index in [1.165, 1.54) is 19.8 Å². The molecule has 0 amide bonds. The normalized spacial score (nSPS) is 12.7. The Morgan fingerprint density at radius 1 is 1.29 bits per heavy atom. The molecule has 21 heavy (non-hydrogen) atoms. The molecule has 0 saturated carbocycles. The third-order valence-electron chi connectivity index (χ3n) is 3.13. The van der Waals surface area contributed by atoms with Crippen molar-refractivity contribution >= 4 is 27.3 Å². The van der Waals surface area contributed by atoms with E-state index in [0.717, 1.165) is 12.3 Å². The van der Waals surface area contributed by atoms with Crippen molar-refractivity contribution in [2.45, 2.75) is 39.8 Å². The molecular formula is C17H22BrNOS. The van der Waals surface area contributed by atoms with E-state index in [0.29, 0.717) is 0 Å². The van der Waals surface area contributed by atoms with Gasteiger partial charge in [0, 0.05) is 4.88 Å². The molecule has 0 saturated heterocycles. The van der Waals surface area contributed by atoms with Crippen LogP contribution in [0.2, 0.25) is 0 Å². The number of thiophene rings is 1. The third kappa shape index (κ3) is 4.31. The molecule has 2 aromatic rings. The van der Waals surface area contributed by atoms with Crippen molar-refractivity contribution in [3.8, 4) is 5.75 Å². The summed E-state index contributed by atoms with van der Waals surface area (Å²) in [5.74, 6) is 0.928. The highest BCUT2D eigenvalue weighted by atomic mass is 79.9. The van der Waals surface area contributed by atoms with Gasteiger partial charge in [0.25, 0.3) is 0 Å². The zero-order valence-electron chi connectivity index (χ0n) is 12.9. The average Bonchev–Trinajstić information content (AvgIpc) is 2.75. The molecule has 1 aromatic heterocycles. The van der Waals surface area contributed by atoms with Crippen LogP contribution in [0.25, 0.3) is 0 Å². The summed E-state index contributed by atoms with van der Waals surface area (Å²) >= 11 is 5.41. The molecular weight excluding hydrogens is 346 g/mol. The van der Waals surface area contributed by atoms with Crippen LogP contribution in [-0.4, -0.2) is 12.6 Å². The van der Waals surface area contributed by atoms with Crippen LogP contribution in [-0.2, 0) is 0 Å². The van der Waals surface area contributed by atoms with Crippen molar-refractivity contribution in [2.24, 2.45) is 0 Å². The van der Waals surface area contributed by atoms with Gasteiger partial charge in [-0.25, -0.2) is 0 Å². The fourth-order valence-corrected chi connectivity index (χ4v) is 3.93. The Bertz CT molecular complexity index is 575. The van der Waals surface area contributed by atoms with E-state index < -0.39 is 0 Å². The third-order valence-corrected chi connectivity index (χ3v) is 5.33. The molecule has 0 spiro atoms. The Kier molecular flexibility index (Phi) is 5.85. The van der Waals surface area contributed by atoms with Crippen LogP contribution in [0.15, 0.2) is 34.1 Å². The maximum atomic E-state index is 5.81. The Morgan fingerprint density at radius 3 is 2.62 bits per heavy atom. The molecule has 2 nitrogen and oxygen atoms in total. The smallest absolute Gasteiger partial charge is 0.120 e. The number of ether oxygens (including phenoxy) is 1. The van der Waals surface area contributed by atoms with E-state index in [4.69, 9.17) is 4.74 Å². The van der Waals surface area contributed by atoms with Crippen LogP contribution in [0.4, 0.5) is 0 Å². The molecule has 0 bridgehead atoms. The van der Waals surface area contributed by atoms with E-state index in [1.807, 2.05) is 19.9 Å². The van der Waals surface area contributed by atoms with E-state index in [1.54, 1.807) is 11.3 Å². The number of rotatable bonds is 6. The minimum absolute atomic E-state index is 0.191. The molecule has 4 heteroatoms. The maximum Gasteiger partial charge on any atom is 0.120 e. The zero-order valence-corrected chi connectivity index (χ0v) is 15.3. The Morgan fingerprint density at radius 2 is 2.05 bits per heavy atom. The van der Waals surface area contributed by atoms with Gasteiger partial charge >= 0.3 is 0 Å². The second-order valence-electron chi connectivity index (χ2n) is 5.34. The molecule has 2 rings (SSSR count). The number of aryl methyl sites for hydroxylation is 1. The maximum absolute atomic E-state index is 5.81. The Balaban J connectivity index is 2.33. The van der Waals surface area contributed by atoms with Crippen molar-refractivity contribution in [3.05, 3.63) is 50.1 Å². The standard InChI is InChI=1S/C17H22BrNOS/c1-5-19-16(15-9-12(4)17(18)21-15)13-7-6-8-14(10-13)20-11(2)3/h6-11,16,19H,5H2,1-4H3. The molecule has 1 aromatic carbocycles. The van der Waals surface area contributed by atoms with Gasteiger partial charge in [0.15, 0.2) is 0 Å². The van der Waals surface area contributed by atoms with Gasteiger partial charge in [0.05, 0.1) is 15.9 Å². The summed E-state index contributed by atoms with van der Waals surface area (Å²) in [5.41, 5.74) is 2.52. The van der Waals surface area contributed by atoms with Crippen LogP contribution in [0.5, 0.6) is 5.75 Å². The SMILES string of the molecule is CCNC(c1cccc(OC(C)C)c1)c1cc(C)c(Br)s1. The summed E-state index contributed by atoms with van der Waals surface area (Å²) in [4.78, 5) is 1.32. The van der Waals surface area contributed by atoms with E-state index in [9.17, 15) is 0 Å². The van der Waals surface area contributed by atoms with Gasteiger partial charge in [0.1, 0.15) is 5.75 Å². The first-order valence-electron chi connectivity index (χ1n) is 7.27. The van der Waals surface area contributed by atoms with Crippen LogP contribution in [0.3, 0.4) is 0 Å². The van der Waals surface area contributed by atoms with Crippen LogP contribution >= 0.6 is 27.3 Å². The molecule has 0 aliphatic carbocycles. The number of benzene rings is 1. The summed E-state index contributed by atoms with van der Waals surface area (Å²) in [6.45, 7) is 9.29. The van der Waals surface area contributed by atoms with Gasteiger partial charge in [-0.1, -0.05) is 19.1 Å². The lowest BCUT2D eigenvalue weighted by molar-refractivity contribution is 0.242. The molecule has 0 radical (unpaired) electrons. The molecule has 114 valence electrons. The lowest BCUT2D eigenvalue weighted by atomic mass is 10.0. The predicted octanol–water partition coefficient (Wildman–Crippen LogP) is 5.31. The highest BCUT2D eigenvalue weighted by Gasteiger charge is 2.17. The first kappa shape index (κ1) is 16.5. The molecule has 1 N–H and O–H groups in total. The van der Waals surface area contributed by atoms with Gasteiger partial charge in [-0.15, -0.1) is 11.3 Å². The lowest BCUT2D eigenvalue weighted by Gasteiger charge is -2.18. The summed E-state index contributed by atoms with van der Waals surface area (Å²) in [6, 6.07) is 10.8. The number of hydrogen-bond acceptors (Lipinski definition) is 3. The average molecular weight is 368 g/mol. The molecule has 1 heterocycles. The van der Waals surface area contributed by atoms with Gasteiger partial charge in [-0.2, -0.15) is 0 Å². The summed E-state index contributed by atoms with van der Waals surface area (Å²) in [6.07, 6.45) is 0.191. The van der Waals surface area contributed by atoms with Crippen molar-refractivity contribution < 1.29 is 4.74 Å². The molecule has 0 aliphatic heterocycles. The fraction of sp³-hybridized carbons (Fsp3) is 0.412. The topological polar surface area (TPSA) is 21.3 Å². The highest BCUT2D eigenvalue weighted by molar-refractivity contribution is 9.11. The van der Waals surface area contributed by atoms with Gasteiger partial charge < -0.3 is 10.1 Å². The van der Waals surface area contributed by atoms with Gasteiger partial charge in [-0.3, -0.25) is 0 Å². The summed E-state index contributed by atoms with van der Waals surface area (Å²) < 4.78 is 7.02. The minimum Gasteiger partial charge on any atom is -0.491 e. The van der Waals surface area contributed by atoms with Crippen molar-refractivity contribution in [1.82, 2.24) is 5.32 Å². The fourth-order valence-electron chi connectivity index (χ4n) is 2.25. The van der Waals surface area contributed by atoms with Gasteiger partial charge in [0.2, 0.25) is 0 Å². The van der Waals surface area contributed by atoms with Gasteiger partial charge in [-0.05, 0) is 72.6 Å². The lowest BCUT2D eigenvalue weighted by Crippen LogP contribution is -2.21. The molecule has 0 fully saturated rings. The number of hydrogen-bond donors (Lipinski definition) is 1. The monoisotopic (exact) mass is 367 g/mol. The van der Waals surface area contributed by atoms with Crippen molar-refractivity contribution in [1.29, 1.82) is 0 Å². The molecule has 1 atom stereocenters. The zero-order chi connectivity index (χ0) is 15.4. The minimum atomic E-state index is 0.191. The Hall–Kier alpha value is -0.840. The first-order chi connectivity index (χ1) is 10.0. The highest BCUT2D eigenvalue weighted by Crippen LogP contribution is 2.35. The van der Waals surface area contributed by atoms with Crippen LogP contribution < -0.4 is 10.1 Å². The largest absolute Gasteiger partial charge is 0.491 e. The van der Waals surface area contributed by atoms with Crippen LogP contribution in [0, 0.1) is 6.92 Å². The van der Waals surface area contributed by atoms with E-state index in [2.05, 4.69) is 59.4 Å². The van der Waals surface area contributed by atoms with E-state index in [-0.39, 0.29) is 12.1 Å². The predicted molar refractivity (Wildman–Crippen MR) is 94.5 cm³/mol. The Labute approximate surface area is 139 Å². The number of halogens is 1. The second-order valence-corrected chi connectivity index (χ2v) is 7.74.